The highest BCUT2D eigenvalue weighted by Crippen LogP contribution is 2.13. The number of rotatable bonds is 10. The molecule has 0 fully saturated rings. The number of hydrogen-bond donors (Lipinski definition) is 1. The molecule has 0 aromatic heterocycles. The molecule has 0 saturated heterocycles. The van der Waals surface area contributed by atoms with Crippen molar-refractivity contribution in [3.63, 3.8) is 0 Å². The number of hydrogen-bond acceptors (Lipinski definition) is 4. The molecule has 0 amide bonds. The van der Waals surface area contributed by atoms with Crippen LogP contribution in [-0.2, 0) is 0 Å². The molecule has 4 heteroatoms. The van der Waals surface area contributed by atoms with Crippen LogP contribution in [0.25, 0.3) is 0 Å². The van der Waals surface area contributed by atoms with Gasteiger partial charge in [0.05, 0.1) is 6.07 Å². The van der Waals surface area contributed by atoms with Gasteiger partial charge < -0.3 is 15.5 Å². The predicted molar refractivity (Wildman–Crippen MR) is 77.3 cm³/mol. The maximum absolute atomic E-state index is 9.03. The van der Waals surface area contributed by atoms with Gasteiger partial charge in [0.25, 0.3) is 0 Å². The molecule has 0 aromatic rings. The molecule has 2 N–H and O–H groups in total. The molecule has 0 radical (unpaired) electrons. The molecule has 0 bridgehead atoms. The first-order valence-corrected chi connectivity index (χ1v) is 7.04. The summed E-state index contributed by atoms with van der Waals surface area (Å²) < 4.78 is 0. The van der Waals surface area contributed by atoms with E-state index in [0.717, 1.165) is 45.4 Å². The predicted octanol–water partition coefficient (Wildman–Crippen LogP) is 1.67. The smallest absolute Gasteiger partial charge is 0.104 e. The maximum Gasteiger partial charge on any atom is 0.104 e. The van der Waals surface area contributed by atoms with E-state index in [1.165, 1.54) is 6.42 Å². The Hall–Kier alpha value is -0.630. The Morgan fingerprint density at radius 2 is 1.78 bits per heavy atom. The fourth-order valence-electron chi connectivity index (χ4n) is 1.92. The van der Waals surface area contributed by atoms with Crippen LogP contribution in [0, 0.1) is 11.3 Å². The third kappa shape index (κ3) is 7.65. The van der Waals surface area contributed by atoms with Crippen LogP contribution in [0.15, 0.2) is 0 Å². The topological polar surface area (TPSA) is 56.3 Å². The summed E-state index contributed by atoms with van der Waals surface area (Å²) in [6, 6.07) is 2.24. The summed E-state index contributed by atoms with van der Waals surface area (Å²) in [6.45, 7) is 8.54. The van der Waals surface area contributed by atoms with Gasteiger partial charge in [-0.25, -0.2) is 0 Å². The lowest BCUT2D eigenvalue weighted by molar-refractivity contribution is 0.232. The van der Waals surface area contributed by atoms with E-state index in [1.807, 2.05) is 6.92 Å². The minimum absolute atomic E-state index is 0.626. The van der Waals surface area contributed by atoms with Crippen LogP contribution >= 0.6 is 0 Å². The van der Waals surface area contributed by atoms with Gasteiger partial charge in [-0.2, -0.15) is 5.26 Å². The highest BCUT2D eigenvalue weighted by atomic mass is 15.2. The van der Waals surface area contributed by atoms with Gasteiger partial charge in [-0.3, -0.25) is 0 Å². The Kier molecular flexibility index (Phi) is 8.99. The molecule has 0 aliphatic carbocycles. The Bertz CT molecular complexity index is 247. The molecule has 18 heavy (non-hydrogen) atoms. The van der Waals surface area contributed by atoms with Crippen LogP contribution in [-0.4, -0.2) is 55.6 Å². The van der Waals surface area contributed by atoms with Crippen LogP contribution < -0.4 is 5.73 Å². The van der Waals surface area contributed by atoms with Gasteiger partial charge in [0.1, 0.15) is 5.54 Å². The van der Waals surface area contributed by atoms with E-state index in [4.69, 9.17) is 11.0 Å². The van der Waals surface area contributed by atoms with E-state index in [2.05, 4.69) is 36.9 Å². The third-order valence-electron chi connectivity index (χ3n) is 3.35. The quantitative estimate of drug-likeness (QED) is 0.644. The second-order valence-electron chi connectivity index (χ2n) is 5.37. The fraction of sp³-hybridized carbons (Fsp3) is 0.929. The van der Waals surface area contributed by atoms with Gasteiger partial charge in [0.2, 0.25) is 0 Å². The lowest BCUT2D eigenvalue weighted by Gasteiger charge is -2.25. The average molecular weight is 254 g/mol. The molecule has 0 aliphatic heterocycles. The van der Waals surface area contributed by atoms with Crippen molar-refractivity contribution < 1.29 is 0 Å². The summed E-state index contributed by atoms with van der Waals surface area (Å²) in [6.07, 6.45) is 3.70. The number of nitrogens with zero attached hydrogens (tertiary/aromatic N) is 3. The van der Waals surface area contributed by atoms with E-state index in [1.54, 1.807) is 0 Å². The lowest BCUT2D eigenvalue weighted by Crippen LogP contribution is -2.39. The van der Waals surface area contributed by atoms with E-state index in [0.29, 0.717) is 0 Å². The van der Waals surface area contributed by atoms with Crippen LogP contribution in [0.3, 0.4) is 0 Å². The Labute approximate surface area is 113 Å². The van der Waals surface area contributed by atoms with Gasteiger partial charge in [0, 0.05) is 13.1 Å². The first kappa shape index (κ1) is 17.4. The molecule has 0 rings (SSSR count). The van der Waals surface area contributed by atoms with E-state index in [-0.39, 0.29) is 0 Å². The Morgan fingerprint density at radius 1 is 1.11 bits per heavy atom. The standard InChI is InChI=1S/C14H30N4/c1-5-9-18(12-11-17(3)4)10-7-8-14(16,6-2)13-15/h5-12,16H2,1-4H3. The Balaban J connectivity index is 4.00. The second-order valence-corrected chi connectivity index (χ2v) is 5.37. The summed E-state index contributed by atoms with van der Waals surface area (Å²) in [7, 11) is 4.20. The normalized spacial score (nSPS) is 14.8. The molecular weight excluding hydrogens is 224 g/mol. The van der Waals surface area contributed by atoms with Crippen molar-refractivity contribution in [2.45, 2.75) is 45.1 Å². The van der Waals surface area contributed by atoms with Crippen LogP contribution in [0.2, 0.25) is 0 Å². The van der Waals surface area contributed by atoms with Crippen molar-refractivity contribution in [3.8, 4) is 6.07 Å². The van der Waals surface area contributed by atoms with E-state index >= 15 is 0 Å². The molecule has 1 atom stereocenters. The van der Waals surface area contributed by atoms with Crippen molar-refractivity contribution in [1.29, 1.82) is 5.26 Å². The van der Waals surface area contributed by atoms with Crippen molar-refractivity contribution >= 4 is 0 Å². The number of nitriles is 1. The highest BCUT2D eigenvalue weighted by molar-refractivity contribution is 5.03. The van der Waals surface area contributed by atoms with Gasteiger partial charge in [-0.15, -0.1) is 0 Å². The fourth-order valence-corrected chi connectivity index (χ4v) is 1.92. The van der Waals surface area contributed by atoms with Crippen LogP contribution in [0.1, 0.15) is 39.5 Å². The average Bonchev–Trinajstić information content (AvgIpc) is 2.35. The van der Waals surface area contributed by atoms with Gasteiger partial charge >= 0.3 is 0 Å². The molecule has 0 spiro atoms. The summed E-state index contributed by atoms with van der Waals surface area (Å²) >= 11 is 0. The Morgan fingerprint density at radius 3 is 2.22 bits per heavy atom. The van der Waals surface area contributed by atoms with Crippen LogP contribution in [0.4, 0.5) is 0 Å². The highest BCUT2D eigenvalue weighted by Gasteiger charge is 2.21. The van der Waals surface area contributed by atoms with E-state index in [9.17, 15) is 0 Å². The molecule has 1 unspecified atom stereocenters. The zero-order valence-corrected chi connectivity index (χ0v) is 12.6. The largest absolute Gasteiger partial charge is 0.313 e. The molecule has 106 valence electrons. The number of likely N-dealkylation sites (N-methyl/N-ethyl adjacent to an activating group) is 1. The summed E-state index contributed by atoms with van der Waals surface area (Å²) in [4.78, 5) is 4.67. The van der Waals surface area contributed by atoms with Crippen molar-refractivity contribution in [2.24, 2.45) is 5.73 Å². The minimum Gasteiger partial charge on any atom is -0.313 e. The van der Waals surface area contributed by atoms with Crippen molar-refractivity contribution in [2.75, 3.05) is 40.3 Å². The molecule has 0 saturated carbocycles. The maximum atomic E-state index is 9.03. The second kappa shape index (κ2) is 9.32. The summed E-state index contributed by atoms with van der Waals surface area (Å²) in [5.41, 5.74) is 5.37. The van der Waals surface area contributed by atoms with Crippen molar-refractivity contribution in [3.05, 3.63) is 0 Å². The molecule has 0 heterocycles. The first-order chi connectivity index (χ1) is 8.47. The van der Waals surface area contributed by atoms with E-state index < -0.39 is 5.54 Å². The zero-order chi connectivity index (χ0) is 14.0. The minimum atomic E-state index is -0.626. The first-order valence-electron chi connectivity index (χ1n) is 7.04. The lowest BCUT2D eigenvalue weighted by atomic mass is 9.93. The number of nitrogens with two attached hydrogens (primary N) is 1. The molecule has 0 aliphatic rings. The van der Waals surface area contributed by atoms with Gasteiger partial charge in [-0.1, -0.05) is 13.8 Å². The SMILES string of the molecule is CCCN(CCCC(N)(C#N)CC)CCN(C)C. The molecule has 4 nitrogen and oxygen atoms in total. The third-order valence-corrected chi connectivity index (χ3v) is 3.35. The summed E-state index contributed by atoms with van der Waals surface area (Å²) in [5.74, 6) is 0. The summed E-state index contributed by atoms with van der Waals surface area (Å²) in [5, 5.41) is 9.03. The van der Waals surface area contributed by atoms with Gasteiger partial charge in [0.15, 0.2) is 0 Å². The molecular formula is C14H30N4. The van der Waals surface area contributed by atoms with Gasteiger partial charge in [-0.05, 0) is 52.9 Å². The van der Waals surface area contributed by atoms with Crippen LogP contribution in [0.5, 0.6) is 0 Å². The van der Waals surface area contributed by atoms with Crippen molar-refractivity contribution in [1.82, 2.24) is 9.80 Å². The molecule has 0 aromatic carbocycles. The zero-order valence-electron chi connectivity index (χ0n) is 12.6. The monoisotopic (exact) mass is 254 g/mol.